The number of nitrogens with one attached hydrogen (secondary N) is 1. The number of carbonyl (C=O) groups excluding carboxylic acids is 1. The molecule has 0 atom stereocenters. The normalized spacial score (nSPS) is 10.8. The maximum atomic E-state index is 11.9. The number of hydrogen-bond donors (Lipinski definition) is 1. The minimum Gasteiger partial charge on any atom is -0.431 e. The van der Waals surface area contributed by atoms with Crippen LogP contribution >= 0.6 is 23.4 Å². The van der Waals surface area contributed by atoms with Crippen molar-refractivity contribution < 1.29 is 9.21 Å². The van der Waals surface area contributed by atoms with Crippen LogP contribution in [0.25, 0.3) is 11.1 Å². The first-order chi connectivity index (χ1) is 10.7. The van der Waals surface area contributed by atoms with Gasteiger partial charge in [-0.25, -0.2) is 4.98 Å². The van der Waals surface area contributed by atoms with Crippen molar-refractivity contribution in [2.45, 2.75) is 11.6 Å². The van der Waals surface area contributed by atoms with Gasteiger partial charge in [0.2, 0.25) is 5.91 Å². The van der Waals surface area contributed by atoms with E-state index in [1.807, 2.05) is 36.4 Å². The molecule has 4 nitrogen and oxygen atoms in total. The van der Waals surface area contributed by atoms with Gasteiger partial charge in [0.1, 0.15) is 5.52 Å². The molecule has 0 fully saturated rings. The van der Waals surface area contributed by atoms with E-state index in [4.69, 9.17) is 16.0 Å². The van der Waals surface area contributed by atoms with Crippen LogP contribution in [0.1, 0.15) is 6.42 Å². The predicted molar refractivity (Wildman–Crippen MR) is 89.4 cm³/mol. The molecule has 3 rings (SSSR count). The van der Waals surface area contributed by atoms with Crippen LogP contribution < -0.4 is 5.32 Å². The molecule has 0 aliphatic heterocycles. The van der Waals surface area contributed by atoms with Gasteiger partial charge >= 0.3 is 0 Å². The quantitative estimate of drug-likeness (QED) is 0.694. The predicted octanol–water partition coefficient (Wildman–Crippen LogP) is 4.60. The maximum Gasteiger partial charge on any atom is 0.256 e. The Morgan fingerprint density at radius 1 is 1.18 bits per heavy atom. The Balaban J connectivity index is 1.52. The highest BCUT2D eigenvalue weighted by Gasteiger charge is 2.08. The molecule has 0 unspecified atom stereocenters. The summed E-state index contributed by atoms with van der Waals surface area (Å²) in [6.07, 6.45) is 0.356. The minimum absolute atomic E-state index is 0.0864. The minimum atomic E-state index is -0.0864. The van der Waals surface area contributed by atoms with Crippen molar-refractivity contribution in [2.75, 3.05) is 11.1 Å². The lowest BCUT2D eigenvalue weighted by Crippen LogP contribution is -2.12. The number of fused-ring (bicyclic) bond motifs is 1. The SMILES string of the molecule is O=C(CCSc1nc2ccccc2o1)Nc1ccccc1Cl. The molecule has 0 aliphatic carbocycles. The average Bonchev–Trinajstić information content (AvgIpc) is 2.92. The summed E-state index contributed by atoms with van der Waals surface area (Å²) in [5.41, 5.74) is 2.21. The van der Waals surface area contributed by atoms with Crippen molar-refractivity contribution in [2.24, 2.45) is 0 Å². The first-order valence-corrected chi connectivity index (χ1v) is 8.11. The Labute approximate surface area is 136 Å². The number of para-hydroxylation sites is 3. The largest absolute Gasteiger partial charge is 0.431 e. The monoisotopic (exact) mass is 332 g/mol. The molecule has 1 heterocycles. The number of hydrogen-bond acceptors (Lipinski definition) is 4. The molecule has 3 aromatic rings. The summed E-state index contributed by atoms with van der Waals surface area (Å²) in [5.74, 6) is 0.500. The zero-order valence-corrected chi connectivity index (χ0v) is 13.2. The molecule has 22 heavy (non-hydrogen) atoms. The zero-order chi connectivity index (χ0) is 15.4. The molecule has 1 aromatic heterocycles. The smallest absolute Gasteiger partial charge is 0.256 e. The van der Waals surface area contributed by atoms with E-state index in [1.54, 1.807) is 12.1 Å². The maximum absolute atomic E-state index is 11.9. The number of carbonyl (C=O) groups is 1. The van der Waals surface area contributed by atoms with Crippen molar-refractivity contribution in [1.82, 2.24) is 4.98 Å². The van der Waals surface area contributed by atoms with E-state index in [0.717, 1.165) is 11.1 Å². The molecule has 0 bridgehead atoms. The summed E-state index contributed by atoms with van der Waals surface area (Å²) in [4.78, 5) is 16.2. The summed E-state index contributed by atoms with van der Waals surface area (Å²) in [5, 5.41) is 3.89. The number of thioether (sulfide) groups is 1. The summed E-state index contributed by atoms with van der Waals surface area (Å²) in [6.45, 7) is 0. The van der Waals surface area contributed by atoms with E-state index in [2.05, 4.69) is 10.3 Å². The van der Waals surface area contributed by atoms with Crippen molar-refractivity contribution in [1.29, 1.82) is 0 Å². The van der Waals surface area contributed by atoms with E-state index in [1.165, 1.54) is 11.8 Å². The Kier molecular flexibility index (Phi) is 4.65. The Hall–Kier alpha value is -1.98. The second-order valence-electron chi connectivity index (χ2n) is 4.57. The third-order valence-electron chi connectivity index (χ3n) is 2.98. The van der Waals surface area contributed by atoms with Crippen LogP contribution in [0.15, 0.2) is 58.2 Å². The lowest BCUT2D eigenvalue weighted by Gasteiger charge is -2.05. The van der Waals surface area contributed by atoms with Crippen LogP contribution in [0, 0.1) is 0 Å². The molecule has 0 radical (unpaired) electrons. The molecule has 0 spiro atoms. The number of nitrogens with zero attached hydrogens (tertiary/aromatic N) is 1. The van der Waals surface area contributed by atoms with E-state index in [0.29, 0.717) is 28.1 Å². The number of benzene rings is 2. The number of aromatic nitrogens is 1. The molecule has 112 valence electrons. The van der Waals surface area contributed by atoms with Gasteiger partial charge in [0.05, 0.1) is 10.7 Å². The fourth-order valence-corrected chi connectivity index (χ4v) is 2.88. The number of amides is 1. The van der Waals surface area contributed by atoms with Gasteiger partial charge in [0, 0.05) is 12.2 Å². The highest BCUT2D eigenvalue weighted by atomic mass is 35.5. The van der Waals surface area contributed by atoms with Crippen molar-refractivity contribution in [3.05, 3.63) is 53.6 Å². The zero-order valence-electron chi connectivity index (χ0n) is 11.6. The van der Waals surface area contributed by atoms with Crippen LogP contribution in [0.5, 0.6) is 0 Å². The lowest BCUT2D eigenvalue weighted by atomic mass is 10.3. The van der Waals surface area contributed by atoms with Gasteiger partial charge in [-0.15, -0.1) is 0 Å². The first kappa shape index (κ1) is 14.9. The van der Waals surface area contributed by atoms with Gasteiger partial charge in [-0.2, -0.15) is 0 Å². The Bertz CT molecular complexity index is 770. The molecule has 2 aromatic carbocycles. The molecule has 1 N–H and O–H groups in total. The Morgan fingerprint density at radius 2 is 1.95 bits per heavy atom. The van der Waals surface area contributed by atoms with Gasteiger partial charge in [0.15, 0.2) is 5.58 Å². The van der Waals surface area contributed by atoms with E-state index in [-0.39, 0.29) is 5.91 Å². The van der Waals surface area contributed by atoms with Crippen LogP contribution in [0.3, 0.4) is 0 Å². The summed E-state index contributed by atoms with van der Waals surface area (Å²) in [6, 6.07) is 14.7. The van der Waals surface area contributed by atoms with Crippen LogP contribution in [0.2, 0.25) is 5.02 Å². The van der Waals surface area contributed by atoms with Gasteiger partial charge < -0.3 is 9.73 Å². The first-order valence-electron chi connectivity index (χ1n) is 6.75. The fourth-order valence-electron chi connectivity index (χ4n) is 1.92. The molecule has 0 aliphatic rings. The van der Waals surface area contributed by atoms with Crippen molar-refractivity contribution in [3.8, 4) is 0 Å². The number of anilines is 1. The molecular formula is C16H13ClN2O2S. The van der Waals surface area contributed by atoms with E-state index < -0.39 is 0 Å². The third-order valence-corrected chi connectivity index (χ3v) is 4.14. The molecule has 0 saturated carbocycles. The average molecular weight is 333 g/mol. The van der Waals surface area contributed by atoms with Crippen LogP contribution in [0.4, 0.5) is 5.69 Å². The topological polar surface area (TPSA) is 55.1 Å². The molecular weight excluding hydrogens is 320 g/mol. The van der Waals surface area contributed by atoms with E-state index in [9.17, 15) is 4.79 Å². The van der Waals surface area contributed by atoms with Gasteiger partial charge in [-0.3, -0.25) is 4.79 Å². The lowest BCUT2D eigenvalue weighted by molar-refractivity contribution is -0.115. The number of rotatable bonds is 5. The fraction of sp³-hybridized carbons (Fsp3) is 0.125. The van der Waals surface area contributed by atoms with Crippen molar-refractivity contribution in [3.63, 3.8) is 0 Å². The second-order valence-corrected chi connectivity index (χ2v) is 6.03. The number of halogens is 1. The summed E-state index contributed by atoms with van der Waals surface area (Å²) < 4.78 is 5.59. The van der Waals surface area contributed by atoms with E-state index >= 15 is 0 Å². The van der Waals surface area contributed by atoms with Crippen molar-refractivity contribution >= 4 is 46.1 Å². The standard InChI is InChI=1S/C16H13ClN2O2S/c17-11-5-1-2-6-12(11)18-15(20)9-10-22-16-19-13-7-3-4-8-14(13)21-16/h1-8H,9-10H2,(H,18,20). The second kappa shape index (κ2) is 6.85. The number of oxazole rings is 1. The van der Waals surface area contributed by atoms with Gasteiger partial charge in [-0.05, 0) is 24.3 Å². The Morgan fingerprint density at radius 3 is 2.77 bits per heavy atom. The summed E-state index contributed by atoms with van der Waals surface area (Å²) >= 11 is 7.42. The third kappa shape index (κ3) is 3.61. The highest BCUT2D eigenvalue weighted by Crippen LogP contribution is 2.24. The molecule has 1 amide bonds. The van der Waals surface area contributed by atoms with Crippen LogP contribution in [-0.2, 0) is 4.79 Å². The van der Waals surface area contributed by atoms with Crippen LogP contribution in [-0.4, -0.2) is 16.6 Å². The highest BCUT2D eigenvalue weighted by molar-refractivity contribution is 7.99. The van der Waals surface area contributed by atoms with Gasteiger partial charge in [0.25, 0.3) is 5.22 Å². The summed E-state index contributed by atoms with van der Waals surface area (Å²) in [7, 11) is 0. The van der Waals surface area contributed by atoms with Gasteiger partial charge in [-0.1, -0.05) is 47.6 Å². The molecule has 0 saturated heterocycles. The molecule has 6 heteroatoms.